The number of pyridine rings is 1. The van der Waals surface area contributed by atoms with Crippen LogP contribution >= 0.6 is 0 Å². The largest absolute Gasteiger partial charge is 0.456 e. The molecular formula is C49H31NO. The van der Waals surface area contributed by atoms with E-state index in [1.807, 2.05) is 12.1 Å². The number of aromatic nitrogens is 1. The molecule has 2 nitrogen and oxygen atoms in total. The summed E-state index contributed by atoms with van der Waals surface area (Å²) in [7, 11) is 0. The number of nitrogens with zero attached hydrogens (tertiary/aromatic N) is 1. The van der Waals surface area contributed by atoms with E-state index in [4.69, 9.17) is 9.40 Å². The van der Waals surface area contributed by atoms with Gasteiger partial charge in [0.1, 0.15) is 11.2 Å². The van der Waals surface area contributed by atoms with Crippen LogP contribution in [0.2, 0.25) is 0 Å². The standard InChI is InChI=1S/C49H31NO/c1-4-13-32(14-5-1)38-28-39(33-15-6-2-7-16-33)30-40(29-38)36-20-12-19-35(27-36)37-23-24-41-44(31-37)50-49(34-17-8-3-9-18-34)43-25-26-46-48(47(41)43)42-21-10-11-22-45(42)51-46/h1-31H. The fourth-order valence-corrected chi connectivity index (χ4v) is 7.57. The van der Waals surface area contributed by atoms with Gasteiger partial charge in [0.05, 0.1) is 11.2 Å². The van der Waals surface area contributed by atoms with Gasteiger partial charge in [-0.25, -0.2) is 4.98 Å². The van der Waals surface area contributed by atoms with Crippen molar-refractivity contribution in [1.29, 1.82) is 0 Å². The summed E-state index contributed by atoms with van der Waals surface area (Å²) >= 11 is 0. The van der Waals surface area contributed by atoms with E-state index in [1.165, 1.54) is 38.8 Å². The predicted octanol–water partition coefficient (Wildman–Crippen LogP) is 13.6. The van der Waals surface area contributed by atoms with Gasteiger partial charge in [-0.05, 0) is 93.0 Å². The normalized spacial score (nSPS) is 11.5. The highest BCUT2D eigenvalue weighted by molar-refractivity contribution is 6.28. The first-order valence-electron chi connectivity index (χ1n) is 17.4. The molecule has 0 fully saturated rings. The third-order valence-electron chi connectivity index (χ3n) is 10.0. The van der Waals surface area contributed by atoms with Crippen LogP contribution in [0.5, 0.6) is 0 Å². The van der Waals surface area contributed by atoms with Crippen LogP contribution in [0.15, 0.2) is 192 Å². The molecule has 51 heavy (non-hydrogen) atoms. The zero-order valence-electron chi connectivity index (χ0n) is 27.8. The van der Waals surface area contributed by atoms with Crippen molar-refractivity contribution in [1.82, 2.24) is 4.98 Å². The molecule has 8 aromatic carbocycles. The lowest BCUT2D eigenvalue weighted by Gasteiger charge is -2.14. The summed E-state index contributed by atoms with van der Waals surface area (Å²) in [4.78, 5) is 5.37. The van der Waals surface area contributed by atoms with Crippen molar-refractivity contribution in [2.45, 2.75) is 0 Å². The number of benzene rings is 8. The first-order valence-corrected chi connectivity index (χ1v) is 17.4. The van der Waals surface area contributed by atoms with E-state index in [-0.39, 0.29) is 0 Å². The van der Waals surface area contributed by atoms with Crippen LogP contribution < -0.4 is 0 Å². The van der Waals surface area contributed by atoms with E-state index < -0.39 is 0 Å². The van der Waals surface area contributed by atoms with E-state index in [1.54, 1.807) is 0 Å². The Morgan fingerprint density at radius 1 is 0.294 bits per heavy atom. The van der Waals surface area contributed by atoms with Crippen molar-refractivity contribution < 1.29 is 4.42 Å². The Morgan fingerprint density at radius 2 is 0.804 bits per heavy atom. The molecule has 2 heteroatoms. The monoisotopic (exact) mass is 649 g/mol. The van der Waals surface area contributed by atoms with Crippen molar-refractivity contribution in [3.05, 3.63) is 188 Å². The van der Waals surface area contributed by atoms with E-state index in [2.05, 4.69) is 176 Å². The maximum Gasteiger partial charge on any atom is 0.136 e. The molecule has 0 unspecified atom stereocenters. The van der Waals surface area contributed by atoms with Crippen LogP contribution in [0.25, 0.3) is 99.4 Å². The first kappa shape index (κ1) is 29.2. The van der Waals surface area contributed by atoms with Crippen LogP contribution in [0.4, 0.5) is 0 Å². The molecule has 0 aliphatic heterocycles. The molecule has 0 amide bonds. The van der Waals surface area contributed by atoms with Gasteiger partial charge >= 0.3 is 0 Å². The van der Waals surface area contributed by atoms with Crippen LogP contribution in [0.3, 0.4) is 0 Å². The van der Waals surface area contributed by atoms with Crippen LogP contribution in [-0.4, -0.2) is 4.98 Å². The Hall–Kier alpha value is -6.77. The molecule has 0 radical (unpaired) electrons. The van der Waals surface area contributed by atoms with E-state index in [0.717, 1.165) is 60.6 Å². The Bertz CT molecular complexity index is 2830. The fourth-order valence-electron chi connectivity index (χ4n) is 7.57. The van der Waals surface area contributed by atoms with E-state index >= 15 is 0 Å². The molecular weight excluding hydrogens is 619 g/mol. The minimum atomic E-state index is 0.889. The lowest BCUT2D eigenvalue weighted by molar-refractivity contribution is 0.669. The summed E-state index contributed by atoms with van der Waals surface area (Å²) in [5.41, 5.74) is 14.2. The predicted molar refractivity (Wildman–Crippen MR) is 214 cm³/mol. The molecule has 0 aliphatic rings. The van der Waals surface area contributed by atoms with Crippen LogP contribution in [0, 0.1) is 0 Å². The summed E-state index contributed by atoms with van der Waals surface area (Å²) < 4.78 is 6.36. The Kier molecular flexibility index (Phi) is 6.85. The van der Waals surface area contributed by atoms with Gasteiger partial charge in [-0.15, -0.1) is 0 Å². The average Bonchev–Trinajstić information content (AvgIpc) is 3.60. The Morgan fingerprint density at radius 3 is 1.49 bits per heavy atom. The average molecular weight is 650 g/mol. The third-order valence-corrected chi connectivity index (χ3v) is 10.0. The Labute approximate surface area is 295 Å². The van der Waals surface area contributed by atoms with Gasteiger partial charge in [-0.1, -0.05) is 140 Å². The van der Waals surface area contributed by atoms with Crippen LogP contribution in [-0.2, 0) is 0 Å². The molecule has 0 bridgehead atoms. The SMILES string of the molecule is c1ccc(-c2cc(-c3ccccc3)cc(-c3cccc(-c4ccc5c(c4)nc(-c4ccccc4)c4ccc6oc7ccccc7c6c45)c3)c2)cc1. The lowest BCUT2D eigenvalue weighted by atomic mass is 9.91. The molecule has 0 spiro atoms. The molecule has 0 saturated heterocycles. The topological polar surface area (TPSA) is 26.0 Å². The Balaban J connectivity index is 1.16. The van der Waals surface area contributed by atoms with Crippen LogP contribution in [0.1, 0.15) is 0 Å². The maximum absolute atomic E-state index is 6.36. The summed E-state index contributed by atoms with van der Waals surface area (Å²) in [5.74, 6) is 0. The molecule has 0 atom stereocenters. The maximum atomic E-state index is 6.36. The van der Waals surface area contributed by atoms with Crippen molar-refractivity contribution in [3.8, 4) is 55.8 Å². The van der Waals surface area contributed by atoms with Gasteiger partial charge in [-0.3, -0.25) is 0 Å². The highest BCUT2D eigenvalue weighted by Crippen LogP contribution is 2.42. The second-order valence-corrected chi connectivity index (χ2v) is 13.1. The second-order valence-electron chi connectivity index (χ2n) is 13.1. The molecule has 2 heterocycles. The highest BCUT2D eigenvalue weighted by atomic mass is 16.3. The minimum absolute atomic E-state index is 0.889. The molecule has 0 N–H and O–H groups in total. The molecule has 0 saturated carbocycles. The van der Waals surface area contributed by atoms with Gasteiger partial charge in [0.2, 0.25) is 0 Å². The number of fused-ring (bicyclic) bond motifs is 7. The lowest BCUT2D eigenvalue weighted by Crippen LogP contribution is -1.91. The van der Waals surface area contributed by atoms with Crippen molar-refractivity contribution >= 4 is 43.6 Å². The number of para-hydroxylation sites is 1. The molecule has 238 valence electrons. The van der Waals surface area contributed by atoms with E-state index in [9.17, 15) is 0 Å². The number of furan rings is 1. The van der Waals surface area contributed by atoms with Gasteiger partial charge in [0.15, 0.2) is 0 Å². The van der Waals surface area contributed by atoms with E-state index in [0.29, 0.717) is 0 Å². The molecule has 10 rings (SSSR count). The smallest absolute Gasteiger partial charge is 0.136 e. The highest BCUT2D eigenvalue weighted by Gasteiger charge is 2.18. The number of hydrogen-bond acceptors (Lipinski definition) is 2. The summed E-state index contributed by atoms with van der Waals surface area (Å²) in [6.45, 7) is 0. The zero-order chi connectivity index (χ0) is 33.7. The zero-order valence-corrected chi connectivity index (χ0v) is 27.8. The van der Waals surface area contributed by atoms with Crippen molar-refractivity contribution in [2.24, 2.45) is 0 Å². The number of rotatable bonds is 5. The van der Waals surface area contributed by atoms with Gasteiger partial charge < -0.3 is 4.42 Å². The molecule has 10 aromatic rings. The van der Waals surface area contributed by atoms with Gasteiger partial charge in [0.25, 0.3) is 0 Å². The summed E-state index contributed by atoms with van der Waals surface area (Å²) in [6, 6.07) is 66.9. The molecule has 0 aliphatic carbocycles. The quantitative estimate of drug-likeness (QED) is 0.173. The number of hydrogen-bond donors (Lipinski definition) is 0. The fraction of sp³-hybridized carbons (Fsp3) is 0. The minimum Gasteiger partial charge on any atom is -0.456 e. The van der Waals surface area contributed by atoms with Crippen molar-refractivity contribution in [2.75, 3.05) is 0 Å². The first-order chi connectivity index (χ1) is 25.3. The van der Waals surface area contributed by atoms with Gasteiger partial charge in [-0.2, -0.15) is 0 Å². The summed E-state index contributed by atoms with van der Waals surface area (Å²) in [5, 5.41) is 5.66. The third kappa shape index (κ3) is 5.08. The summed E-state index contributed by atoms with van der Waals surface area (Å²) in [6.07, 6.45) is 0. The van der Waals surface area contributed by atoms with Crippen molar-refractivity contribution in [3.63, 3.8) is 0 Å². The second kappa shape index (κ2) is 12.0. The van der Waals surface area contributed by atoms with Gasteiger partial charge in [0, 0.05) is 32.5 Å². The molecule has 2 aromatic heterocycles.